The van der Waals surface area contributed by atoms with Crippen molar-refractivity contribution in [3.05, 3.63) is 59.4 Å². The highest BCUT2D eigenvalue weighted by Crippen LogP contribution is 2.19. The van der Waals surface area contributed by atoms with E-state index < -0.39 is 15.8 Å². The lowest BCUT2D eigenvalue weighted by Crippen LogP contribution is -2.14. The van der Waals surface area contributed by atoms with Crippen LogP contribution in [0, 0.1) is 17.1 Å². The molecule has 5 nitrogen and oxygen atoms in total. The molecule has 21 heavy (non-hydrogen) atoms. The van der Waals surface area contributed by atoms with E-state index >= 15 is 0 Å². The zero-order valence-corrected chi connectivity index (χ0v) is 11.7. The van der Waals surface area contributed by atoms with E-state index in [1.165, 1.54) is 18.2 Å². The third kappa shape index (κ3) is 3.37. The van der Waals surface area contributed by atoms with Gasteiger partial charge in [-0.15, -0.1) is 0 Å². The molecule has 0 heterocycles. The van der Waals surface area contributed by atoms with E-state index in [1.54, 1.807) is 12.1 Å². The van der Waals surface area contributed by atoms with Gasteiger partial charge in [0.2, 0.25) is 0 Å². The summed E-state index contributed by atoms with van der Waals surface area (Å²) in [5.74, 6) is -0.553. The van der Waals surface area contributed by atoms with Gasteiger partial charge in [0, 0.05) is 12.1 Å². The van der Waals surface area contributed by atoms with Crippen LogP contribution in [0.2, 0.25) is 0 Å². The van der Waals surface area contributed by atoms with Crippen LogP contribution in [0.4, 0.5) is 10.1 Å². The van der Waals surface area contributed by atoms with Crippen molar-refractivity contribution in [1.82, 2.24) is 0 Å². The molecular weight excluding hydrogens is 293 g/mol. The Morgan fingerprint density at radius 2 is 2.00 bits per heavy atom. The van der Waals surface area contributed by atoms with Crippen molar-refractivity contribution in [2.24, 2.45) is 5.73 Å². The number of nitriles is 1. The molecule has 7 heteroatoms. The Hall–Kier alpha value is -2.43. The lowest BCUT2D eigenvalue weighted by molar-refractivity contribution is 0.596. The number of hydrogen-bond acceptors (Lipinski definition) is 4. The first-order valence-corrected chi connectivity index (χ1v) is 7.46. The summed E-state index contributed by atoms with van der Waals surface area (Å²) in [5, 5.41) is 8.79. The van der Waals surface area contributed by atoms with Gasteiger partial charge in [0.1, 0.15) is 5.82 Å². The number of nitrogens with zero attached hydrogens (tertiary/aromatic N) is 1. The van der Waals surface area contributed by atoms with E-state index in [0.29, 0.717) is 5.56 Å². The molecule has 0 aliphatic heterocycles. The maximum absolute atomic E-state index is 13.4. The Bertz CT molecular complexity index is 813. The van der Waals surface area contributed by atoms with Crippen molar-refractivity contribution in [2.75, 3.05) is 4.72 Å². The maximum atomic E-state index is 13.4. The molecule has 0 radical (unpaired) electrons. The largest absolute Gasteiger partial charge is 0.326 e. The normalized spacial score (nSPS) is 10.9. The van der Waals surface area contributed by atoms with Gasteiger partial charge in [0.05, 0.1) is 22.2 Å². The summed E-state index contributed by atoms with van der Waals surface area (Å²) in [5.41, 5.74) is 6.06. The fourth-order valence-electron chi connectivity index (χ4n) is 1.74. The lowest BCUT2D eigenvalue weighted by Gasteiger charge is -2.09. The summed E-state index contributed by atoms with van der Waals surface area (Å²) >= 11 is 0. The van der Waals surface area contributed by atoms with E-state index in [9.17, 15) is 12.8 Å². The predicted molar refractivity (Wildman–Crippen MR) is 76.3 cm³/mol. The van der Waals surface area contributed by atoms with Gasteiger partial charge in [-0.2, -0.15) is 5.26 Å². The van der Waals surface area contributed by atoms with Crippen LogP contribution in [0.15, 0.2) is 47.4 Å². The quantitative estimate of drug-likeness (QED) is 0.902. The highest BCUT2D eigenvalue weighted by molar-refractivity contribution is 7.92. The van der Waals surface area contributed by atoms with E-state index in [4.69, 9.17) is 11.0 Å². The van der Waals surface area contributed by atoms with E-state index in [-0.39, 0.29) is 22.7 Å². The third-order valence-electron chi connectivity index (χ3n) is 2.79. The third-order valence-corrected chi connectivity index (χ3v) is 4.17. The first kappa shape index (κ1) is 15.0. The first-order chi connectivity index (χ1) is 9.96. The fraction of sp³-hybridized carbons (Fsp3) is 0.0714. The molecule has 0 atom stereocenters. The summed E-state index contributed by atoms with van der Waals surface area (Å²) in [7, 11) is -3.87. The second kappa shape index (κ2) is 5.91. The van der Waals surface area contributed by atoms with Crippen LogP contribution < -0.4 is 10.5 Å². The Morgan fingerprint density at radius 3 is 2.67 bits per heavy atom. The molecule has 0 aliphatic carbocycles. The van der Waals surface area contributed by atoms with Crippen molar-refractivity contribution in [3.63, 3.8) is 0 Å². The summed E-state index contributed by atoms with van der Waals surface area (Å²) in [6.45, 7) is -0.0981. The number of halogens is 1. The number of hydrogen-bond donors (Lipinski definition) is 2. The molecule has 0 saturated heterocycles. The highest BCUT2D eigenvalue weighted by Gasteiger charge is 2.16. The number of nitrogens with two attached hydrogens (primary N) is 1. The molecule has 0 aliphatic rings. The minimum absolute atomic E-state index is 0.0910. The van der Waals surface area contributed by atoms with Crippen LogP contribution in [0.1, 0.15) is 11.1 Å². The second-order valence-electron chi connectivity index (χ2n) is 4.26. The van der Waals surface area contributed by atoms with Gasteiger partial charge < -0.3 is 5.73 Å². The topological polar surface area (TPSA) is 96.0 Å². The second-order valence-corrected chi connectivity index (χ2v) is 5.94. The molecule has 0 saturated carbocycles. The number of rotatable bonds is 4. The molecule has 0 spiro atoms. The average Bonchev–Trinajstić information content (AvgIpc) is 2.47. The lowest BCUT2D eigenvalue weighted by atomic mass is 10.2. The fourth-order valence-corrected chi connectivity index (χ4v) is 2.84. The maximum Gasteiger partial charge on any atom is 0.261 e. The van der Waals surface area contributed by atoms with Crippen molar-refractivity contribution in [3.8, 4) is 6.07 Å². The average molecular weight is 305 g/mol. The van der Waals surface area contributed by atoms with Crippen LogP contribution in [0.3, 0.4) is 0 Å². The van der Waals surface area contributed by atoms with E-state index in [0.717, 1.165) is 12.1 Å². The van der Waals surface area contributed by atoms with Crippen molar-refractivity contribution >= 4 is 15.7 Å². The molecule has 108 valence electrons. The molecule has 0 aromatic heterocycles. The van der Waals surface area contributed by atoms with Crippen LogP contribution in [0.25, 0.3) is 0 Å². The van der Waals surface area contributed by atoms with Crippen LogP contribution in [-0.4, -0.2) is 8.42 Å². The van der Waals surface area contributed by atoms with Crippen molar-refractivity contribution < 1.29 is 12.8 Å². The smallest absolute Gasteiger partial charge is 0.261 e. The predicted octanol–water partition coefficient (Wildman–Crippen LogP) is 1.96. The van der Waals surface area contributed by atoms with Gasteiger partial charge in [0.25, 0.3) is 10.0 Å². The standard InChI is InChI=1S/C14H12FN3O2S/c15-14-5-4-13(7-11(14)9-17)21(19,20)18-12-3-1-2-10(6-12)8-16/h1-7,18H,9,17H2. The van der Waals surface area contributed by atoms with Gasteiger partial charge in [0.15, 0.2) is 0 Å². The van der Waals surface area contributed by atoms with Crippen LogP contribution in [0.5, 0.6) is 0 Å². The number of benzene rings is 2. The Labute approximate surface area is 121 Å². The van der Waals surface area contributed by atoms with E-state index in [2.05, 4.69) is 4.72 Å². The van der Waals surface area contributed by atoms with Gasteiger partial charge >= 0.3 is 0 Å². The van der Waals surface area contributed by atoms with Gasteiger partial charge in [-0.3, -0.25) is 4.72 Å². The Kier molecular flexibility index (Phi) is 4.21. The Balaban J connectivity index is 2.36. The number of nitrogens with one attached hydrogen (secondary N) is 1. The first-order valence-electron chi connectivity index (χ1n) is 5.98. The monoisotopic (exact) mass is 305 g/mol. The molecule has 0 bridgehead atoms. The minimum atomic E-state index is -3.87. The minimum Gasteiger partial charge on any atom is -0.326 e. The molecule has 0 fully saturated rings. The van der Waals surface area contributed by atoms with E-state index in [1.807, 2.05) is 6.07 Å². The van der Waals surface area contributed by atoms with Gasteiger partial charge in [-0.1, -0.05) is 6.07 Å². The van der Waals surface area contributed by atoms with Crippen molar-refractivity contribution in [2.45, 2.75) is 11.4 Å². The van der Waals surface area contributed by atoms with Crippen LogP contribution >= 0.6 is 0 Å². The number of sulfonamides is 1. The molecule has 0 unspecified atom stereocenters. The molecule has 3 N–H and O–H groups in total. The zero-order valence-electron chi connectivity index (χ0n) is 10.9. The SMILES string of the molecule is N#Cc1cccc(NS(=O)(=O)c2ccc(F)c(CN)c2)c1. The molecular formula is C14H12FN3O2S. The summed E-state index contributed by atoms with van der Waals surface area (Å²) < 4.78 is 40.1. The van der Waals surface area contributed by atoms with Crippen LogP contribution in [-0.2, 0) is 16.6 Å². The molecule has 2 aromatic rings. The number of anilines is 1. The highest BCUT2D eigenvalue weighted by atomic mass is 32.2. The summed E-state index contributed by atoms with van der Waals surface area (Å²) in [6.07, 6.45) is 0. The van der Waals surface area contributed by atoms with Crippen molar-refractivity contribution in [1.29, 1.82) is 5.26 Å². The zero-order chi connectivity index (χ0) is 15.5. The molecule has 2 aromatic carbocycles. The summed E-state index contributed by atoms with van der Waals surface area (Å²) in [4.78, 5) is -0.0910. The molecule has 0 amide bonds. The molecule has 2 rings (SSSR count). The summed E-state index contributed by atoms with van der Waals surface area (Å²) in [6, 6.07) is 11.4. The Morgan fingerprint density at radius 1 is 1.24 bits per heavy atom. The van der Waals surface area contributed by atoms with Gasteiger partial charge in [-0.05, 0) is 36.4 Å². The van der Waals surface area contributed by atoms with Gasteiger partial charge in [-0.25, -0.2) is 12.8 Å².